The van der Waals surface area contributed by atoms with Gasteiger partial charge < -0.3 is 0 Å². The van der Waals surface area contributed by atoms with E-state index in [1.807, 2.05) is 0 Å². The molecule has 1 heterocycles. The average molecular weight is 290 g/mol. The van der Waals surface area contributed by atoms with Crippen LogP contribution < -0.4 is 0 Å². The van der Waals surface area contributed by atoms with Crippen molar-refractivity contribution >= 4 is 17.5 Å². The Hall–Kier alpha value is -2.24. The molecule has 21 heavy (non-hydrogen) atoms. The average Bonchev–Trinajstić information content (AvgIpc) is 2.63. The highest BCUT2D eigenvalue weighted by Gasteiger charge is 2.46. The molecule has 0 aliphatic carbocycles. The summed E-state index contributed by atoms with van der Waals surface area (Å²) in [6.07, 6.45) is -0.0135. The summed E-state index contributed by atoms with van der Waals surface area (Å²) in [7, 11) is 0. The number of hydrogen-bond acceptors (Lipinski definition) is 4. The molecule has 6 heteroatoms. The molecule has 2 amide bonds. The fourth-order valence-corrected chi connectivity index (χ4v) is 2.70. The van der Waals surface area contributed by atoms with E-state index in [0.29, 0.717) is 5.56 Å². The number of nitro groups is 1. The van der Waals surface area contributed by atoms with Crippen molar-refractivity contribution in [2.45, 2.75) is 45.6 Å². The summed E-state index contributed by atoms with van der Waals surface area (Å²) < 4.78 is 0. The number of amides is 2. The van der Waals surface area contributed by atoms with E-state index in [1.54, 1.807) is 39.8 Å². The highest BCUT2D eigenvalue weighted by Crippen LogP contribution is 2.38. The summed E-state index contributed by atoms with van der Waals surface area (Å²) in [5.41, 5.74) is 0.416. The lowest BCUT2D eigenvalue weighted by Gasteiger charge is -2.30. The first-order valence-corrected chi connectivity index (χ1v) is 6.75. The van der Waals surface area contributed by atoms with Gasteiger partial charge in [0.25, 0.3) is 5.69 Å². The lowest BCUT2D eigenvalue weighted by Crippen LogP contribution is -2.45. The Labute approximate surface area is 122 Å². The Balaban J connectivity index is 2.50. The fraction of sp³-hybridized carbons (Fsp3) is 0.467. The second-order valence-corrected chi connectivity index (χ2v) is 6.31. The van der Waals surface area contributed by atoms with Crippen LogP contribution in [0.15, 0.2) is 18.2 Å². The number of carbonyl (C=O) groups is 2. The molecule has 1 unspecified atom stereocenters. The topological polar surface area (TPSA) is 80.5 Å². The van der Waals surface area contributed by atoms with Crippen molar-refractivity contribution < 1.29 is 14.5 Å². The van der Waals surface area contributed by atoms with Crippen molar-refractivity contribution in [2.24, 2.45) is 0 Å². The van der Waals surface area contributed by atoms with Crippen LogP contribution in [0, 0.1) is 17.0 Å². The summed E-state index contributed by atoms with van der Waals surface area (Å²) in [4.78, 5) is 36.5. The van der Waals surface area contributed by atoms with Gasteiger partial charge in [0.05, 0.1) is 10.8 Å². The number of likely N-dealkylation sites (tertiary alicyclic amines) is 1. The molecule has 0 spiro atoms. The van der Waals surface area contributed by atoms with Crippen LogP contribution in [0.4, 0.5) is 5.69 Å². The van der Waals surface area contributed by atoms with Crippen LogP contribution in [-0.2, 0) is 9.59 Å². The summed E-state index contributed by atoms with van der Waals surface area (Å²) in [6.45, 7) is 7.12. The van der Waals surface area contributed by atoms with E-state index in [-0.39, 0.29) is 23.9 Å². The number of hydrogen-bond donors (Lipinski definition) is 0. The first kappa shape index (κ1) is 15.2. The molecule has 1 atom stereocenters. The van der Waals surface area contributed by atoms with Crippen molar-refractivity contribution in [1.82, 2.24) is 4.90 Å². The third-order valence-corrected chi connectivity index (χ3v) is 3.57. The maximum Gasteiger partial charge on any atom is 0.273 e. The Morgan fingerprint density at radius 1 is 1.29 bits per heavy atom. The normalized spacial score (nSPS) is 19.2. The number of nitro benzene ring substituents is 1. The molecule has 1 fully saturated rings. The largest absolute Gasteiger partial charge is 0.277 e. The van der Waals surface area contributed by atoms with Crippen molar-refractivity contribution in [2.75, 3.05) is 0 Å². The smallest absolute Gasteiger partial charge is 0.273 e. The number of benzene rings is 1. The highest BCUT2D eigenvalue weighted by atomic mass is 16.6. The number of nitrogens with zero attached hydrogens (tertiary/aromatic N) is 2. The molecule has 0 N–H and O–H groups in total. The van der Waals surface area contributed by atoms with E-state index in [2.05, 4.69) is 0 Å². The Morgan fingerprint density at radius 3 is 2.38 bits per heavy atom. The second-order valence-electron chi connectivity index (χ2n) is 6.31. The highest BCUT2D eigenvalue weighted by molar-refractivity contribution is 6.07. The molecule has 112 valence electrons. The van der Waals surface area contributed by atoms with Crippen molar-refractivity contribution in [1.29, 1.82) is 0 Å². The van der Waals surface area contributed by atoms with E-state index >= 15 is 0 Å². The zero-order valence-electron chi connectivity index (χ0n) is 12.5. The number of rotatable bonds is 2. The maximum absolute atomic E-state index is 12.5. The van der Waals surface area contributed by atoms with Gasteiger partial charge in [-0.2, -0.15) is 0 Å². The molecule has 1 aromatic rings. The standard InChI is InChI=1S/C15H18N2O4/c1-9-5-6-12(17(20)21)10(7-9)11-8-13(18)16(14(11)19)15(2,3)4/h5-7,11H,8H2,1-4H3. The lowest BCUT2D eigenvalue weighted by molar-refractivity contribution is -0.385. The van der Waals surface area contributed by atoms with Crippen molar-refractivity contribution in [3.8, 4) is 0 Å². The minimum Gasteiger partial charge on any atom is -0.277 e. The Kier molecular flexibility index (Phi) is 3.57. The lowest BCUT2D eigenvalue weighted by atomic mass is 9.94. The summed E-state index contributed by atoms with van der Waals surface area (Å²) >= 11 is 0. The molecule has 0 bridgehead atoms. The number of imide groups is 1. The van der Waals surface area contributed by atoms with Gasteiger partial charge in [-0.1, -0.05) is 11.6 Å². The van der Waals surface area contributed by atoms with Gasteiger partial charge in [-0.3, -0.25) is 24.6 Å². The number of aryl methyl sites for hydroxylation is 1. The summed E-state index contributed by atoms with van der Waals surface area (Å²) in [5, 5.41) is 11.2. The van der Waals surface area contributed by atoms with Crippen molar-refractivity contribution in [3.63, 3.8) is 0 Å². The molecule has 0 aromatic heterocycles. The van der Waals surface area contributed by atoms with E-state index in [9.17, 15) is 19.7 Å². The molecule has 1 saturated heterocycles. The molecule has 2 rings (SSSR count). The predicted molar refractivity (Wildman–Crippen MR) is 76.8 cm³/mol. The quantitative estimate of drug-likeness (QED) is 0.476. The van der Waals surface area contributed by atoms with Crippen LogP contribution in [0.3, 0.4) is 0 Å². The van der Waals surface area contributed by atoms with Gasteiger partial charge >= 0.3 is 0 Å². The Bertz CT molecular complexity index is 631. The minimum absolute atomic E-state index is 0.0135. The van der Waals surface area contributed by atoms with Gasteiger partial charge in [-0.05, 0) is 33.8 Å². The number of carbonyl (C=O) groups excluding carboxylic acids is 2. The SMILES string of the molecule is Cc1ccc([N+](=O)[O-])c(C2CC(=O)N(C(C)(C)C)C2=O)c1. The molecular weight excluding hydrogens is 272 g/mol. The second kappa shape index (κ2) is 4.95. The molecule has 0 radical (unpaired) electrons. The molecule has 0 saturated carbocycles. The van der Waals surface area contributed by atoms with E-state index in [1.165, 1.54) is 11.0 Å². The van der Waals surface area contributed by atoms with Gasteiger partial charge in [0.15, 0.2) is 0 Å². The zero-order chi connectivity index (χ0) is 15.9. The minimum atomic E-state index is -0.767. The van der Waals surface area contributed by atoms with E-state index in [0.717, 1.165) is 5.56 Å². The van der Waals surface area contributed by atoms with Crippen LogP contribution in [0.25, 0.3) is 0 Å². The third-order valence-electron chi connectivity index (χ3n) is 3.57. The fourth-order valence-electron chi connectivity index (χ4n) is 2.70. The molecule has 1 aromatic carbocycles. The van der Waals surface area contributed by atoms with Crippen LogP contribution in [0.5, 0.6) is 0 Å². The van der Waals surface area contributed by atoms with Gasteiger partial charge in [-0.25, -0.2) is 0 Å². The zero-order valence-corrected chi connectivity index (χ0v) is 12.5. The monoisotopic (exact) mass is 290 g/mol. The predicted octanol–water partition coefficient (Wildman–Crippen LogP) is 2.54. The summed E-state index contributed by atoms with van der Waals surface area (Å²) in [5.74, 6) is -1.41. The van der Waals surface area contributed by atoms with Crippen molar-refractivity contribution in [3.05, 3.63) is 39.4 Å². The van der Waals surface area contributed by atoms with Gasteiger partial charge in [0.2, 0.25) is 11.8 Å². The first-order chi connectivity index (χ1) is 9.62. The van der Waals surface area contributed by atoms with Crippen LogP contribution >= 0.6 is 0 Å². The van der Waals surface area contributed by atoms with Crippen LogP contribution in [0.2, 0.25) is 0 Å². The van der Waals surface area contributed by atoms with E-state index < -0.39 is 16.4 Å². The molecule has 6 nitrogen and oxygen atoms in total. The first-order valence-electron chi connectivity index (χ1n) is 6.75. The van der Waals surface area contributed by atoms with Gasteiger partial charge in [-0.15, -0.1) is 0 Å². The van der Waals surface area contributed by atoms with Gasteiger partial charge in [0.1, 0.15) is 0 Å². The van der Waals surface area contributed by atoms with Crippen LogP contribution in [0.1, 0.15) is 44.2 Å². The molecule has 1 aliphatic rings. The van der Waals surface area contributed by atoms with E-state index in [4.69, 9.17) is 0 Å². The van der Waals surface area contributed by atoms with Gasteiger partial charge in [0, 0.05) is 23.6 Å². The van der Waals surface area contributed by atoms with Crippen LogP contribution in [-0.4, -0.2) is 27.2 Å². The third kappa shape index (κ3) is 2.66. The molecule has 1 aliphatic heterocycles. The summed E-state index contributed by atoms with van der Waals surface area (Å²) in [6, 6.07) is 4.65. The Morgan fingerprint density at radius 2 is 1.90 bits per heavy atom. The molecular formula is C15H18N2O4. The maximum atomic E-state index is 12.5.